The van der Waals surface area contributed by atoms with Crippen LogP contribution in [0.5, 0.6) is 0 Å². The summed E-state index contributed by atoms with van der Waals surface area (Å²) in [6.45, 7) is -1.27. The molecule has 1 saturated carbocycles. The van der Waals surface area contributed by atoms with Gasteiger partial charge in [0.1, 0.15) is 54.9 Å². The maximum atomic E-state index is 11.1. The molecule has 0 aromatic carbocycles. The van der Waals surface area contributed by atoms with Crippen LogP contribution in [0.4, 0.5) is 0 Å². The Morgan fingerprint density at radius 1 is 0.561 bits per heavy atom. The van der Waals surface area contributed by atoms with Gasteiger partial charge in [-0.3, -0.25) is 0 Å². The van der Waals surface area contributed by atoms with Crippen molar-refractivity contribution in [1.82, 2.24) is 0 Å². The molecule has 3 saturated heterocycles. The smallest absolute Gasteiger partial charge is 0.187 e. The highest BCUT2D eigenvalue weighted by molar-refractivity contribution is 5.01. The van der Waals surface area contributed by atoms with E-state index in [0.717, 1.165) is 0 Å². The van der Waals surface area contributed by atoms with Gasteiger partial charge in [-0.2, -0.15) is 0 Å². The predicted octanol–water partition coefficient (Wildman–Crippen LogP) is -7.83. The Kier molecular flexibility index (Phi) is 11.3. The third-order valence-corrected chi connectivity index (χ3v) is 8.17. The predicted molar refractivity (Wildman–Crippen MR) is 135 cm³/mol. The Morgan fingerprint density at radius 2 is 1.15 bits per heavy atom. The van der Waals surface area contributed by atoms with Gasteiger partial charge in [0, 0.05) is 18.6 Å². The highest BCUT2D eigenvalue weighted by Gasteiger charge is 2.53. The molecule has 3 heterocycles. The first-order valence-corrected chi connectivity index (χ1v) is 13.7. The van der Waals surface area contributed by atoms with Gasteiger partial charge >= 0.3 is 0 Å². The van der Waals surface area contributed by atoms with Crippen molar-refractivity contribution in [2.45, 2.75) is 123 Å². The largest absolute Gasteiger partial charge is 0.394 e. The summed E-state index contributed by atoms with van der Waals surface area (Å²) < 4.78 is 34.7. The lowest BCUT2D eigenvalue weighted by Crippen LogP contribution is -2.66. The third-order valence-electron chi connectivity index (χ3n) is 8.17. The summed E-state index contributed by atoms with van der Waals surface area (Å²) in [6, 6.07) is -3.65. The Labute approximate surface area is 236 Å². The zero-order valence-electron chi connectivity index (χ0n) is 22.4. The van der Waals surface area contributed by atoms with E-state index in [1.165, 1.54) is 0 Å². The van der Waals surface area contributed by atoms with E-state index < -0.39 is 123 Å². The quantitative estimate of drug-likeness (QED) is 0.117. The van der Waals surface area contributed by atoms with Crippen molar-refractivity contribution in [2.24, 2.45) is 28.7 Å². The maximum absolute atomic E-state index is 11.1. The van der Waals surface area contributed by atoms with E-state index >= 15 is 0 Å². The number of ether oxygens (including phenoxy) is 6. The van der Waals surface area contributed by atoms with Crippen molar-refractivity contribution in [3.05, 3.63) is 0 Å². The fraction of sp³-hybridized carbons (Fsp3) is 1.00. The molecule has 17 N–H and O–H groups in total. The van der Waals surface area contributed by atoms with Crippen LogP contribution in [0.2, 0.25) is 0 Å². The minimum Gasteiger partial charge on any atom is -0.394 e. The summed E-state index contributed by atoms with van der Waals surface area (Å²) in [5, 5.41) is 72.0. The minimum atomic E-state index is -1.58. The molecule has 4 fully saturated rings. The molecular weight excluding hydrogens is 554 g/mol. The van der Waals surface area contributed by atoms with E-state index in [4.69, 9.17) is 57.1 Å². The standard InChI is InChI=1S/C23H45N5O13/c24-3-10-15(33)16(34)13(28)22(36-10)40-19-12(5-30)38-23(17(19)35)41-20-14(32)6(25)1-7(26)18(20)39-21-8(27)2-9(31)11(4-29)37-21/h6-23,29-35H,1-5,24-28H2/t6-,7+,8-,9+,10-,11-,12-,13-,14+,15-,16-,17-,18-,19-,20-,21-,22-,23+/m1/s1. The summed E-state index contributed by atoms with van der Waals surface area (Å²) in [7, 11) is 0. The number of hydrogen-bond donors (Lipinski definition) is 12. The third kappa shape index (κ3) is 6.85. The van der Waals surface area contributed by atoms with E-state index in [9.17, 15) is 35.7 Å². The second-order valence-electron chi connectivity index (χ2n) is 11.1. The Morgan fingerprint density at radius 3 is 1.78 bits per heavy atom. The fourth-order valence-electron chi connectivity index (χ4n) is 5.68. The van der Waals surface area contributed by atoms with Gasteiger partial charge in [-0.25, -0.2) is 0 Å². The first-order valence-electron chi connectivity index (χ1n) is 13.7. The summed E-state index contributed by atoms with van der Waals surface area (Å²) in [5.41, 5.74) is 30.1. The Bertz CT molecular complexity index is 837. The maximum Gasteiger partial charge on any atom is 0.187 e. The van der Waals surface area contributed by atoms with Crippen molar-refractivity contribution in [1.29, 1.82) is 0 Å². The molecule has 240 valence electrons. The lowest BCUT2D eigenvalue weighted by Gasteiger charge is -2.46. The van der Waals surface area contributed by atoms with Crippen molar-refractivity contribution < 1.29 is 64.2 Å². The van der Waals surface area contributed by atoms with Gasteiger partial charge in [0.25, 0.3) is 0 Å². The van der Waals surface area contributed by atoms with Crippen molar-refractivity contribution in [2.75, 3.05) is 19.8 Å². The zero-order valence-corrected chi connectivity index (χ0v) is 22.4. The summed E-state index contributed by atoms with van der Waals surface area (Å²) in [4.78, 5) is 0. The molecule has 4 aliphatic rings. The van der Waals surface area contributed by atoms with E-state index in [1.54, 1.807) is 0 Å². The molecule has 3 aliphatic heterocycles. The van der Waals surface area contributed by atoms with Crippen molar-refractivity contribution >= 4 is 0 Å². The molecule has 0 amide bonds. The first-order chi connectivity index (χ1) is 19.4. The van der Waals surface area contributed by atoms with Crippen molar-refractivity contribution in [3.63, 3.8) is 0 Å². The van der Waals surface area contributed by atoms with Crippen LogP contribution in [-0.2, 0) is 28.4 Å². The van der Waals surface area contributed by atoms with Gasteiger partial charge in [0.2, 0.25) is 0 Å². The summed E-state index contributed by atoms with van der Waals surface area (Å²) >= 11 is 0. The molecule has 18 nitrogen and oxygen atoms in total. The van der Waals surface area contributed by atoms with Gasteiger partial charge < -0.3 is 92.8 Å². The van der Waals surface area contributed by atoms with Gasteiger partial charge in [0.15, 0.2) is 18.9 Å². The van der Waals surface area contributed by atoms with E-state index in [0.29, 0.717) is 0 Å². The number of aliphatic hydroxyl groups is 7. The number of aliphatic hydroxyl groups excluding tert-OH is 7. The molecule has 18 atom stereocenters. The average molecular weight is 600 g/mol. The number of hydrogen-bond acceptors (Lipinski definition) is 18. The second kappa shape index (κ2) is 13.9. The molecular formula is C23H45N5O13. The van der Waals surface area contributed by atoms with E-state index in [1.807, 2.05) is 0 Å². The normalized spacial score (nSPS) is 53.0. The molecule has 4 rings (SSSR count). The van der Waals surface area contributed by atoms with Crippen LogP contribution in [0.1, 0.15) is 12.8 Å². The molecule has 18 heteroatoms. The molecule has 0 bridgehead atoms. The van der Waals surface area contributed by atoms with Crippen molar-refractivity contribution in [3.8, 4) is 0 Å². The molecule has 0 radical (unpaired) electrons. The van der Waals surface area contributed by atoms with Crippen LogP contribution >= 0.6 is 0 Å². The fourth-order valence-corrected chi connectivity index (χ4v) is 5.68. The van der Waals surface area contributed by atoms with Gasteiger partial charge in [-0.05, 0) is 12.8 Å². The highest BCUT2D eigenvalue weighted by Crippen LogP contribution is 2.34. The number of rotatable bonds is 9. The molecule has 0 spiro atoms. The molecule has 1 aliphatic carbocycles. The minimum absolute atomic E-state index is 0.0647. The average Bonchev–Trinajstić information content (AvgIpc) is 3.24. The van der Waals surface area contributed by atoms with Gasteiger partial charge in [-0.15, -0.1) is 0 Å². The second-order valence-corrected chi connectivity index (χ2v) is 11.1. The van der Waals surface area contributed by atoms with Crippen LogP contribution < -0.4 is 28.7 Å². The van der Waals surface area contributed by atoms with Gasteiger partial charge in [-0.1, -0.05) is 0 Å². The summed E-state index contributed by atoms with van der Waals surface area (Å²) in [5.74, 6) is 0. The van der Waals surface area contributed by atoms with Crippen LogP contribution in [0.3, 0.4) is 0 Å². The molecule has 0 unspecified atom stereocenters. The van der Waals surface area contributed by atoms with Gasteiger partial charge in [0.05, 0.1) is 37.5 Å². The number of nitrogens with two attached hydrogens (primary N) is 5. The Balaban J connectivity index is 1.48. The zero-order chi connectivity index (χ0) is 30.2. The highest BCUT2D eigenvalue weighted by atomic mass is 16.8. The molecule has 0 aromatic heterocycles. The SMILES string of the molecule is NC[C@H]1O[C@H](O[C@H]2[C@@H](O)[C@H](O[C@@H]3[C@@H](O)[C@H](N)C[C@H](N)[C@H]3O[C@H]3O[C@H](CO)[C@@H](O)C[C@H]3N)O[C@@H]2CO)[C@H](N)[C@@H](O)[C@@H]1O. The molecule has 41 heavy (non-hydrogen) atoms. The van der Waals surface area contributed by atoms with E-state index in [2.05, 4.69) is 0 Å². The first kappa shape index (κ1) is 33.2. The van der Waals surface area contributed by atoms with Crippen LogP contribution in [0, 0.1) is 0 Å². The lowest BCUT2D eigenvalue weighted by molar-refractivity contribution is -0.298. The lowest BCUT2D eigenvalue weighted by atomic mass is 9.84. The van der Waals surface area contributed by atoms with Crippen LogP contribution in [0.15, 0.2) is 0 Å². The van der Waals surface area contributed by atoms with Crippen LogP contribution in [-0.4, -0.2) is 166 Å². The topological polar surface area (TPSA) is 327 Å². The van der Waals surface area contributed by atoms with Crippen LogP contribution in [0.25, 0.3) is 0 Å². The Hall–Kier alpha value is -0.720. The molecule has 0 aromatic rings. The van der Waals surface area contributed by atoms with E-state index in [-0.39, 0.29) is 19.4 Å². The summed E-state index contributed by atoms with van der Waals surface area (Å²) in [6.07, 6.45) is -17.3. The monoisotopic (exact) mass is 599 g/mol.